The van der Waals surface area contributed by atoms with Crippen molar-refractivity contribution in [3.05, 3.63) is 194 Å². The number of hydrogen-bond donors (Lipinski definition) is 0. The van der Waals surface area contributed by atoms with Crippen LogP contribution in [0.25, 0.3) is 98.7 Å². The molecule has 10 aromatic carbocycles. The summed E-state index contributed by atoms with van der Waals surface area (Å²) in [5.41, 5.74) is 9.53. The summed E-state index contributed by atoms with van der Waals surface area (Å²) in [4.78, 5) is 7.45. The molecule has 0 amide bonds. The third-order valence-corrected chi connectivity index (χ3v) is 11.5. The summed E-state index contributed by atoms with van der Waals surface area (Å²) in [5.74, 6) is 0.577. The highest BCUT2D eigenvalue weighted by atomic mass is 16.3. The van der Waals surface area contributed by atoms with Gasteiger partial charge in [0.2, 0.25) is 5.89 Å². The van der Waals surface area contributed by atoms with Gasteiger partial charge >= 0.3 is 0 Å². The Morgan fingerprint density at radius 2 is 1.00 bits per heavy atom. The first-order valence-corrected chi connectivity index (χ1v) is 19.3. The first kappa shape index (κ1) is 31.6. The molecule has 0 atom stereocenters. The summed E-state index contributed by atoms with van der Waals surface area (Å²) >= 11 is 0. The molecule has 0 fully saturated rings. The maximum atomic E-state index is 6.73. The number of aromatic nitrogens is 1. The number of nitrogens with zero attached hydrogens (tertiary/aromatic N) is 2. The van der Waals surface area contributed by atoms with Gasteiger partial charge in [-0.05, 0) is 80.3 Å². The molecular weight excluding hydrogens is 697 g/mol. The topological polar surface area (TPSA) is 42.4 Å². The van der Waals surface area contributed by atoms with Gasteiger partial charge in [-0.15, -0.1) is 0 Å². The monoisotopic (exact) mass is 728 g/mol. The van der Waals surface area contributed by atoms with Crippen molar-refractivity contribution in [1.29, 1.82) is 0 Å². The Balaban J connectivity index is 1.08. The van der Waals surface area contributed by atoms with Crippen LogP contribution in [0.1, 0.15) is 0 Å². The molecule has 0 unspecified atom stereocenters. The number of oxazole rings is 1. The molecule has 0 aliphatic rings. The molecule has 0 aliphatic carbocycles. The van der Waals surface area contributed by atoms with E-state index in [0.717, 1.165) is 77.6 Å². The maximum absolute atomic E-state index is 6.73. The first-order valence-electron chi connectivity index (χ1n) is 19.3. The van der Waals surface area contributed by atoms with Gasteiger partial charge in [0.15, 0.2) is 5.58 Å². The smallest absolute Gasteiger partial charge is 0.228 e. The van der Waals surface area contributed by atoms with Gasteiger partial charge in [-0.25, -0.2) is 4.98 Å². The summed E-state index contributed by atoms with van der Waals surface area (Å²) in [5, 5.41) is 11.5. The largest absolute Gasteiger partial charge is 0.456 e. The van der Waals surface area contributed by atoms with Crippen LogP contribution < -0.4 is 4.90 Å². The van der Waals surface area contributed by atoms with Crippen LogP contribution in [0.4, 0.5) is 17.1 Å². The van der Waals surface area contributed by atoms with Crippen LogP contribution in [0.2, 0.25) is 0 Å². The number of furan rings is 1. The van der Waals surface area contributed by atoms with Crippen molar-refractivity contribution in [2.75, 3.05) is 4.90 Å². The standard InChI is InChI=1S/C53H32N2O2/c1-2-12-33(13-3-1)38-17-8-9-21-46(38)55(47-22-10-19-40-42-27-24-34-14-4-6-16-37(34)41(42)29-30-43(40)47)36-26-28-44-50(32-36)56-48-23-11-20-45(51(44)48)53-54-52-39-18-7-5-15-35(39)25-31-49(52)57-53/h1-32H. The van der Waals surface area contributed by atoms with Crippen molar-refractivity contribution in [2.24, 2.45) is 0 Å². The lowest BCUT2D eigenvalue weighted by molar-refractivity contribution is 0.620. The summed E-state index contributed by atoms with van der Waals surface area (Å²) in [6.45, 7) is 0. The van der Waals surface area contributed by atoms with Gasteiger partial charge in [0.1, 0.15) is 16.7 Å². The van der Waals surface area contributed by atoms with Gasteiger partial charge in [0, 0.05) is 44.4 Å². The lowest BCUT2D eigenvalue weighted by atomic mass is 9.95. The summed E-state index contributed by atoms with van der Waals surface area (Å²) in [6.07, 6.45) is 0. The average molecular weight is 729 g/mol. The fraction of sp³-hybridized carbons (Fsp3) is 0. The highest BCUT2D eigenvalue weighted by Crippen LogP contribution is 2.47. The Kier molecular flexibility index (Phi) is 6.89. The van der Waals surface area contributed by atoms with E-state index >= 15 is 0 Å². The molecule has 0 spiro atoms. The Labute approximate surface area is 327 Å². The molecule has 0 N–H and O–H groups in total. The van der Waals surface area contributed by atoms with E-state index in [0.29, 0.717) is 5.89 Å². The molecule has 0 aliphatic heterocycles. The van der Waals surface area contributed by atoms with Gasteiger partial charge in [-0.1, -0.05) is 146 Å². The van der Waals surface area contributed by atoms with Crippen molar-refractivity contribution >= 4 is 93.2 Å². The summed E-state index contributed by atoms with van der Waals surface area (Å²) < 4.78 is 13.2. The van der Waals surface area contributed by atoms with Crippen LogP contribution in [0.5, 0.6) is 0 Å². The van der Waals surface area contributed by atoms with Gasteiger partial charge in [0.25, 0.3) is 0 Å². The van der Waals surface area contributed by atoms with Crippen LogP contribution >= 0.6 is 0 Å². The molecule has 266 valence electrons. The number of benzene rings is 10. The molecular formula is C53H32N2O2. The Bertz CT molecular complexity index is 3540. The maximum Gasteiger partial charge on any atom is 0.228 e. The van der Waals surface area contributed by atoms with Crippen LogP contribution in [-0.2, 0) is 0 Å². The van der Waals surface area contributed by atoms with Gasteiger partial charge in [-0.2, -0.15) is 0 Å². The highest BCUT2D eigenvalue weighted by molar-refractivity contribution is 6.20. The van der Waals surface area contributed by atoms with E-state index in [4.69, 9.17) is 13.8 Å². The predicted molar refractivity (Wildman–Crippen MR) is 237 cm³/mol. The second-order valence-electron chi connectivity index (χ2n) is 14.7. The Morgan fingerprint density at radius 3 is 1.91 bits per heavy atom. The zero-order valence-electron chi connectivity index (χ0n) is 30.7. The molecule has 0 saturated heterocycles. The highest BCUT2D eigenvalue weighted by Gasteiger charge is 2.23. The van der Waals surface area contributed by atoms with Crippen molar-refractivity contribution in [2.45, 2.75) is 0 Å². The molecule has 2 aromatic heterocycles. The zero-order valence-corrected chi connectivity index (χ0v) is 30.7. The molecule has 12 aromatic rings. The lowest BCUT2D eigenvalue weighted by Crippen LogP contribution is -2.11. The van der Waals surface area contributed by atoms with Crippen molar-refractivity contribution in [1.82, 2.24) is 4.98 Å². The predicted octanol–water partition coefficient (Wildman–Crippen LogP) is 15.1. The molecule has 0 bridgehead atoms. The quantitative estimate of drug-likeness (QED) is 0.166. The summed E-state index contributed by atoms with van der Waals surface area (Å²) in [7, 11) is 0. The number of rotatable bonds is 5. The Morgan fingerprint density at radius 1 is 0.368 bits per heavy atom. The van der Waals surface area contributed by atoms with E-state index in [2.05, 4.69) is 169 Å². The SMILES string of the molecule is c1ccc(-c2ccccc2N(c2ccc3c(c2)oc2cccc(-c4nc5c(ccc6ccccc65)o4)c23)c2cccc3c2ccc2c4ccccc4ccc32)cc1. The van der Waals surface area contributed by atoms with Crippen molar-refractivity contribution in [3.8, 4) is 22.6 Å². The molecule has 12 rings (SSSR count). The lowest BCUT2D eigenvalue weighted by Gasteiger charge is -2.29. The Hall–Kier alpha value is -7.69. The molecule has 4 nitrogen and oxygen atoms in total. The fourth-order valence-corrected chi connectivity index (χ4v) is 8.88. The molecule has 2 heterocycles. The second kappa shape index (κ2) is 12.4. The van der Waals surface area contributed by atoms with Crippen LogP contribution in [0.15, 0.2) is 203 Å². The molecule has 0 radical (unpaired) electrons. The third kappa shape index (κ3) is 4.91. The zero-order chi connectivity index (χ0) is 37.5. The van der Waals surface area contributed by atoms with Gasteiger partial charge in [0.05, 0.1) is 11.4 Å². The van der Waals surface area contributed by atoms with Gasteiger partial charge < -0.3 is 13.7 Å². The molecule has 4 heteroatoms. The van der Waals surface area contributed by atoms with E-state index < -0.39 is 0 Å². The number of fused-ring (bicyclic) bond motifs is 11. The van der Waals surface area contributed by atoms with E-state index in [1.54, 1.807) is 0 Å². The first-order chi connectivity index (χ1) is 28.3. The minimum Gasteiger partial charge on any atom is -0.456 e. The number of hydrogen-bond acceptors (Lipinski definition) is 4. The minimum absolute atomic E-state index is 0.577. The third-order valence-electron chi connectivity index (χ3n) is 11.5. The van der Waals surface area contributed by atoms with Crippen molar-refractivity contribution in [3.63, 3.8) is 0 Å². The number of para-hydroxylation sites is 1. The van der Waals surface area contributed by atoms with E-state index in [-0.39, 0.29) is 0 Å². The van der Waals surface area contributed by atoms with E-state index in [9.17, 15) is 0 Å². The normalized spacial score (nSPS) is 11.9. The second-order valence-corrected chi connectivity index (χ2v) is 14.7. The van der Waals surface area contributed by atoms with E-state index in [1.165, 1.54) is 32.3 Å². The fourth-order valence-electron chi connectivity index (χ4n) is 8.88. The van der Waals surface area contributed by atoms with Crippen LogP contribution in [-0.4, -0.2) is 4.98 Å². The number of anilines is 3. The molecule has 0 saturated carbocycles. The van der Waals surface area contributed by atoms with Crippen LogP contribution in [0, 0.1) is 0 Å². The van der Waals surface area contributed by atoms with E-state index in [1.807, 2.05) is 30.3 Å². The average Bonchev–Trinajstić information content (AvgIpc) is 3.89. The van der Waals surface area contributed by atoms with Crippen molar-refractivity contribution < 1.29 is 8.83 Å². The molecule has 57 heavy (non-hydrogen) atoms. The van der Waals surface area contributed by atoms with Gasteiger partial charge in [-0.3, -0.25) is 0 Å². The summed E-state index contributed by atoms with van der Waals surface area (Å²) in [6, 6.07) is 68.7. The minimum atomic E-state index is 0.577. The van der Waals surface area contributed by atoms with Crippen LogP contribution in [0.3, 0.4) is 0 Å².